The van der Waals surface area contributed by atoms with E-state index in [1.54, 1.807) is 24.6 Å². The Morgan fingerprint density at radius 3 is 3.00 bits per heavy atom. The number of nitrogens with zero attached hydrogens (tertiary/aromatic N) is 3. The van der Waals surface area contributed by atoms with E-state index in [-0.39, 0.29) is 5.56 Å². The van der Waals surface area contributed by atoms with Crippen molar-refractivity contribution in [2.45, 2.75) is 19.9 Å². The molecule has 1 N–H and O–H groups in total. The fourth-order valence-corrected chi connectivity index (χ4v) is 2.97. The molecule has 0 unspecified atom stereocenters. The van der Waals surface area contributed by atoms with E-state index in [1.165, 1.54) is 4.68 Å². The topological polar surface area (TPSA) is 69.0 Å². The number of nitrogens with one attached hydrogen (secondary N) is 1. The number of thiazole rings is 1. The van der Waals surface area contributed by atoms with Gasteiger partial charge in [0, 0.05) is 31.1 Å². The highest BCUT2D eigenvalue weighted by Crippen LogP contribution is 2.16. The second kappa shape index (κ2) is 7.67. The molecular formula is C13H17BrN4O2S. The van der Waals surface area contributed by atoms with E-state index < -0.39 is 0 Å². The van der Waals surface area contributed by atoms with Crippen LogP contribution in [0.1, 0.15) is 10.7 Å². The molecule has 0 aromatic carbocycles. The summed E-state index contributed by atoms with van der Waals surface area (Å²) < 4.78 is 6.82. The van der Waals surface area contributed by atoms with E-state index in [4.69, 9.17) is 4.74 Å². The minimum absolute atomic E-state index is 0.165. The van der Waals surface area contributed by atoms with Gasteiger partial charge in [0.15, 0.2) is 0 Å². The Morgan fingerprint density at radius 2 is 2.33 bits per heavy atom. The maximum Gasteiger partial charge on any atom is 0.283 e. The van der Waals surface area contributed by atoms with Gasteiger partial charge >= 0.3 is 0 Å². The molecule has 0 amide bonds. The Kier molecular flexibility index (Phi) is 5.89. The third kappa shape index (κ3) is 4.36. The van der Waals surface area contributed by atoms with E-state index in [0.29, 0.717) is 29.9 Å². The molecule has 2 aromatic heterocycles. The molecule has 0 spiro atoms. The SMILES string of the molecule is COCCn1ncc(NCCc2nc(C)cs2)c(Br)c1=O. The van der Waals surface area contributed by atoms with Gasteiger partial charge in [-0.25, -0.2) is 9.67 Å². The first-order valence-corrected chi connectivity index (χ1v) is 8.18. The summed E-state index contributed by atoms with van der Waals surface area (Å²) in [7, 11) is 1.59. The van der Waals surface area contributed by atoms with Crippen LogP contribution in [0.3, 0.4) is 0 Å². The average molecular weight is 373 g/mol. The second-order valence-electron chi connectivity index (χ2n) is 4.45. The van der Waals surface area contributed by atoms with Crippen molar-refractivity contribution in [1.29, 1.82) is 0 Å². The number of methoxy groups -OCH3 is 1. The molecule has 21 heavy (non-hydrogen) atoms. The van der Waals surface area contributed by atoms with Crippen LogP contribution in [0.15, 0.2) is 20.8 Å². The molecule has 0 saturated heterocycles. The summed E-state index contributed by atoms with van der Waals surface area (Å²) in [4.78, 5) is 16.5. The first-order valence-electron chi connectivity index (χ1n) is 6.51. The van der Waals surface area contributed by atoms with E-state index >= 15 is 0 Å². The average Bonchev–Trinajstić information content (AvgIpc) is 2.88. The largest absolute Gasteiger partial charge is 0.383 e. The molecule has 0 aliphatic carbocycles. The number of aryl methyl sites for hydroxylation is 1. The minimum Gasteiger partial charge on any atom is -0.383 e. The molecule has 0 bridgehead atoms. The Bertz CT molecular complexity index is 656. The quantitative estimate of drug-likeness (QED) is 0.805. The summed E-state index contributed by atoms with van der Waals surface area (Å²) in [6, 6.07) is 0. The van der Waals surface area contributed by atoms with Crippen LogP contribution in [0, 0.1) is 6.92 Å². The van der Waals surface area contributed by atoms with Crippen LogP contribution in [0.2, 0.25) is 0 Å². The molecule has 0 aliphatic rings. The molecule has 2 aromatic rings. The van der Waals surface area contributed by atoms with Crippen molar-refractivity contribution in [3.63, 3.8) is 0 Å². The Balaban J connectivity index is 1.97. The van der Waals surface area contributed by atoms with Gasteiger partial charge in [-0.3, -0.25) is 4.79 Å². The summed E-state index contributed by atoms with van der Waals surface area (Å²) in [6.45, 7) is 3.57. The molecule has 0 saturated carbocycles. The van der Waals surface area contributed by atoms with Gasteiger partial charge in [0.25, 0.3) is 5.56 Å². The lowest BCUT2D eigenvalue weighted by Crippen LogP contribution is -2.26. The zero-order valence-corrected chi connectivity index (χ0v) is 14.3. The van der Waals surface area contributed by atoms with Crippen molar-refractivity contribution < 1.29 is 4.74 Å². The van der Waals surface area contributed by atoms with Crippen LogP contribution in [0.25, 0.3) is 0 Å². The van der Waals surface area contributed by atoms with Crippen molar-refractivity contribution in [2.75, 3.05) is 25.6 Å². The van der Waals surface area contributed by atoms with Gasteiger partial charge in [-0.05, 0) is 22.9 Å². The summed E-state index contributed by atoms with van der Waals surface area (Å²) >= 11 is 4.97. The molecule has 2 rings (SSSR count). The fourth-order valence-electron chi connectivity index (χ4n) is 1.75. The first kappa shape index (κ1) is 16.1. The van der Waals surface area contributed by atoms with Crippen molar-refractivity contribution >= 4 is 33.0 Å². The lowest BCUT2D eigenvalue weighted by atomic mass is 10.4. The summed E-state index contributed by atoms with van der Waals surface area (Å²) in [5.74, 6) is 0. The van der Waals surface area contributed by atoms with Crippen LogP contribution in [0.4, 0.5) is 5.69 Å². The summed E-state index contributed by atoms with van der Waals surface area (Å²) in [6.07, 6.45) is 2.46. The molecular weight excluding hydrogens is 356 g/mol. The van der Waals surface area contributed by atoms with Gasteiger partial charge in [0.05, 0.1) is 30.0 Å². The number of hydrogen-bond acceptors (Lipinski definition) is 6. The molecule has 0 aliphatic heterocycles. The van der Waals surface area contributed by atoms with Crippen molar-refractivity contribution in [3.05, 3.63) is 37.1 Å². The zero-order valence-electron chi connectivity index (χ0n) is 11.9. The fraction of sp³-hybridized carbons (Fsp3) is 0.462. The number of hydrogen-bond donors (Lipinski definition) is 1. The van der Waals surface area contributed by atoms with Crippen LogP contribution in [-0.2, 0) is 17.7 Å². The Hall–Kier alpha value is -1.25. The van der Waals surface area contributed by atoms with Crippen LogP contribution in [-0.4, -0.2) is 35.0 Å². The highest BCUT2D eigenvalue weighted by atomic mass is 79.9. The van der Waals surface area contributed by atoms with Gasteiger partial charge in [-0.1, -0.05) is 0 Å². The van der Waals surface area contributed by atoms with Crippen LogP contribution >= 0.6 is 27.3 Å². The van der Waals surface area contributed by atoms with Gasteiger partial charge < -0.3 is 10.1 Å². The third-order valence-corrected chi connectivity index (χ3v) is 4.61. The molecule has 6 nitrogen and oxygen atoms in total. The lowest BCUT2D eigenvalue weighted by Gasteiger charge is -2.09. The third-order valence-electron chi connectivity index (χ3n) is 2.81. The van der Waals surface area contributed by atoms with Crippen molar-refractivity contribution in [2.24, 2.45) is 0 Å². The minimum atomic E-state index is -0.165. The van der Waals surface area contributed by atoms with E-state index in [9.17, 15) is 4.79 Å². The van der Waals surface area contributed by atoms with Crippen LogP contribution < -0.4 is 10.9 Å². The van der Waals surface area contributed by atoms with Crippen molar-refractivity contribution in [1.82, 2.24) is 14.8 Å². The number of aromatic nitrogens is 3. The predicted molar refractivity (Wildman–Crippen MR) is 87.1 cm³/mol. The Labute approximate surface area is 135 Å². The van der Waals surface area contributed by atoms with E-state index in [1.807, 2.05) is 12.3 Å². The van der Waals surface area contributed by atoms with Gasteiger partial charge in [0.1, 0.15) is 4.47 Å². The molecule has 0 atom stereocenters. The van der Waals surface area contributed by atoms with Gasteiger partial charge in [-0.15, -0.1) is 11.3 Å². The lowest BCUT2D eigenvalue weighted by molar-refractivity contribution is 0.181. The van der Waals surface area contributed by atoms with E-state index in [0.717, 1.165) is 17.1 Å². The van der Waals surface area contributed by atoms with Gasteiger partial charge in [0.2, 0.25) is 0 Å². The summed E-state index contributed by atoms with van der Waals surface area (Å²) in [5.41, 5.74) is 1.57. The number of rotatable bonds is 7. The molecule has 0 fully saturated rings. The van der Waals surface area contributed by atoms with Crippen LogP contribution in [0.5, 0.6) is 0 Å². The maximum absolute atomic E-state index is 12.1. The molecule has 2 heterocycles. The highest BCUT2D eigenvalue weighted by Gasteiger charge is 2.08. The first-order chi connectivity index (χ1) is 10.1. The second-order valence-corrected chi connectivity index (χ2v) is 6.19. The van der Waals surface area contributed by atoms with Crippen molar-refractivity contribution in [3.8, 4) is 0 Å². The van der Waals surface area contributed by atoms with E-state index in [2.05, 4.69) is 31.3 Å². The van der Waals surface area contributed by atoms with Gasteiger partial charge in [-0.2, -0.15) is 5.10 Å². The standard InChI is InChI=1S/C13H17BrN4O2S/c1-9-8-21-11(17-9)3-4-15-10-7-16-18(5-6-20-2)13(19)12(10)14/h7-8,15H,3-6H2,1-2H3. The number of halogens is 1. The Morgan fingerprint density at radius 1 is 1.52 bits per heavy atom. The smallest absolute Gasteiger partial charge is 0.283 e. The number of ether oxygens (including phenoxy) is 1. The molecule has 8 heteroatoms. The summed E-state index contributed by atoms with van der Waals surface area (Å²) in [5, 5.41) is 10.4. The molecule has 0 radical (unpaired) electrons. The monoisotopic (exact) mass is 372 g/mol. The maximum atomic E-state index is 12.1. The molecule has 114 valence electrons. The number of anilines is 1. The normalized spacial score (nSPS) is 10.8. The highest BCUT2D eigenvalue weighted by molar-refractivity contribution is 9.10. The zero-order chi connectivity index (χ0) is 15.2. The predicted octanol–water partition coefficient (Wildman–Crippen LogP) is 2.07.